The van der Waals surface area contributed by atoms with Crippen molar-refractivity contribution in [3.8, 4) is 5.75 Å². The van der Waals surface area contributed by atoms with Gasteiger partial charge in [-0.1, -0.05) is 61.0 Å². The number of Topliss-reactive ketones (excluding diaryl/α,β-unsaturated/α-hetero) is 3. The van der Waals surface area contributed by atoms with Gasteiger partial charge in [0.2, 0.25) is 5.78 Å². The number of carbonyl (C=O) groups is 4. The van der Waals surface area contributed by atoms with Crippen LogP contribution in [0.3, 0.4) is 0 Å². The van der Waals surface area contributed by atoms with Gasteiger partial charge in [-0.25, -0.2) is 0 Å². The van der Waals surface area contributed by atoms with E-state index < -0.39 is 68.7 Å². The lowest BCUT2D eigenvalue weighted by molar-refractivity contribution is -0.178. The fraction of sp³-hybridized carbons (Fsp3) is 0.588. The number of phenolic OH excluding ortho intramolecular Hbond substituents is 1. The number of esters is 1. The standard InChI is InChI=1S/C34H44O9/c1-9-10-11-43-22(36)13-19-12-20(16(2)3)21-14-32(7)15-33(8)25(17(4)5)28(38)23(18(6)35)30(40)34(33,42)31(41)26(32)29(39)24(21)27(19)37/h12,16-17,25,37,39-40,42H,9-11,13-15H2,1-8H3/t25?,32-,33-,34+/m1/s1. The molecule has 3 aliphatic rings. The molecule has 0 radical (unpaired) electrons. The fourth-order valence-electron chi connectivity index (χ4n) is 8.06. The predicted molar refractivity (Wildman–Crippen MR) is 159 cm³/mol. The van der Waals surface area contributed by atoms with Gasteiger partial charge >= 0.3 is 5.97 Å². The van der Waals surface area contributed by atoms with Gasteiger partial charge in [0.25, 0.3) is 0 Å². The lowest BCUT2D eigenvalue weighted by Gasteiger charge is -2.59. The minimum atomic E-state index is -2.67. The van der Waals surface area contributed by atoms with E-state index in [0.29, 0.717) is 12.0 Å². The Morgan fingerprint density at radius 1 is 1.09 bits per heavy atom. The molecule has 0 aliphatic heterocycles. The molecule has 0 amide bonds. The normalized spacial score (nSPS) is 28.7. The van der Waals surface area contributed by atoms with Crippen LogP contribution in [0, 0.1) is 22.7 Å². The number of aliphatic hydroxyl groups excluding tert-OH is 2. The number of fused-ring (bicyclic) bond motifs is 3. The van der Waals surface area contributed by atoms with E-state index in [-0.39, 0.29) is 54.2 Å². The summed E-state index contributed by atoms with van der Waals surface area (Å²) in [4.78, 5) is 53.3. The molecule has 0 saturated heterocycles. The van der Waals surface area contributed by atoms with Crippen molar-refractivity contribution in [1.29, 1.82) is 0 Å². The zero-order chi connectivity index (χ0) is 32.4. The number of benzene rings is 1. The van der Waals surface area contributed by atoms with E-state index in [9.17, 15) is 39.6 Å². The average molecular weight is 597 g/mol. The van der Waals surface area contributed by atoms with Crippen molar-refractivity contribution < 1.29 is 44.3 Å². The van der Waals surface area contributed by atoms with Gasteiger partial charge in [-0.05, 0) is 49.1 Å². The van der Waals surface area contributed by atoms with Gasteiger partial charge in [-0.3, -0.25) is 19.2 Å². The van der Waals surface area contributed by atoms with E-state index in [4.69, 9.17) is 4.74 Å². The van der Waals surface area contributed by atoms with Gasteiger partial charge < -0.3 is 25.2 Å². The summed E-state index contributed by atoms with van der Waals surface area (Å²) in [6.07, 6.45) is 1.50. The van der Waals surface area contributed by atoms with E-state index >= 15 is 0 Å². The molecule has 234 valence electrons. The number of aliphatic hydroxyl groups is 3. The van der Waals surface area contributed by atoms with Crippen molar-refractivity contribution in [2.45, 2.75) is 99.0 Å². The Bertz CT molecular complexity index is 1480. The molecule has 4 N–H and O–H groups in total. The number of carbonyl (C=O) groups excluding carboxylic acids is 4. The molecule has 4 atom stereocenters. The summed E-state index contributed by atoms with van der Waals surface area (Å²) in [5.41, 5.74) is -4.49. The molecule has 1 unspecified atom stereocenters. The first-order valence-electron chi connectivity index (χ1n) is 15.1. The summed E-state index contributed by atoms with van der Waals surface area (Å²) in [5.74, 6) is -6.32. The minimum Gasteiger partial charge on any atom is -0.508 e. The zero-order valence-corrected chi connectivity index (χ0v) is 26.4. The molecule has 9 heteroatoms. The number of ketones is 3. The summed E-state index contributed by atoms with van der Waals surface area (Å²) >= 11 is 0. The third-order valence-corrected chi connectivity index (χ3v) is 9.84. The third-order valence-electron chi connectivity index (χ3n) is 9.84. The lowest BCUT2D eigenvalue weighted by Crippen LogP contribution is -2.69. The molecule has 0 heterocycles. The molecule has 1 aromatic rings. The summed E-state index contributed by atoms with van der Waals surface area (Å²) in [6.45, 7) is 14.1. The number of rotatable bonds is 8. The Hall–Kier alpha value is -3.46. The quantitative estimate of drug-likeness (QED) is 0.180. The van der Waals surface area contributed by atoms with Crippen LogP contribution >= 0.6 is 0 Å². The van der Waals surface area contributed by atoms with Crippen LogP contribution in [0.1, 0.15) is 103 Å². The molecule has 0 bridgehead atoms. The number of unbranched alkanes of at least 4 members (excludes halogenated alkanes) is 1. The molecule has 4 rings (SSSR count). The highest BCUT2D eigenvalue weighted by Gasteiger charge is 2.72. The topological polar surface area (TPSA) is 158 Å². The van der Waals surface area contributed by atoms with E-state index in [2.05, 4.69) is 0 Å². The second kappa shape index (κ2) is 10.9. The molecule has 43 heavy (non-hydrogen) atoms. The maximum atomic E-state index is 14.5. The van der Waals surface area contributed by atoms with Gasteiger partial charge in [0.1, 0.15) is 22.8 Å². The van der Waals surface area contributed by atoms with E-state index in [1.165, 1.54) is 0 Å². The predicted octanol–water partition coefficient (Wildman–Crippen LogP) is 5.20. The maximum absolute atomic E-state index is 14.5. The monoisotopic (exact) mass is 596 g/mol. The third kappa shape index (κ3) is 4.62. The Labute approximate surface area is 252 Å². The van der Waals surface area contributed by atoms with Crippen molar-refractivity contribution in [3.63, 3.8) is 0 Å². The highest BCUT2D eigenvalue weighted by Crippen LogP contribution is 2.65. The number of phenols is 1. The summed E-state index contributed by atoms with van der Waals surface area (Å²) in [5, 5.41) is 46.8. The van der Waals surface area contributed by atoms with Crippen molar-refractivity contribution in [2.75, 3.05) is 6.61 Å². The number of aromatic hydroxyl groups is 1. The molecule has 1 fully saturated rings. The Kier molecular flexibility index (Phi) is 8.24. The fourth-order valence-corrected chi connectivity index (χ4v) is 8.06. The largest absolute Gasteiger partial charge is 0.508 e. The molecule has 9 nitrogen and oxygen atoms in total. The maximum Gasteiger partial charge on any atom is 0.310 e. The molecule has 0 spiro atoms. The van der Waals surface area contributed by atoms with Gasteiger partial charge in [-0.2, -0.15) is 0 Å². The van der Waals surface area contributed by atoms with Crippen LogP contribution in [-0.4, -0.2) is 56.0 Å². The average Bonchev–Trinajstić information content (AvgIpc) is 2.87. The van der Waals surface area contributed by atoms with Gasteiger partial charge in [-0.15, -0.1) is 0 Å². The zero-order valence-electron chi connectivity index (χ0n) is 26.4. The van der Waals surface area contributed by atoms with Crippen LogP contribution in [0.5, 0.6) is 5.75 Å². The Morgan fingerprint density at radius 2 is 1.72 bits per heavy atom. The Morgan fingerprint density at radius 3 is 2.26 bits per heavy atom. The number of ether oxygens (including phenoxy) is 1. The number of hydrogen-bond donors (Lipinski definition) is 4. The first-order valence-corrected chi connectivity index (χ1v) is 15.1. The van der Waals surface area contributed by atoms with Crippen molar-refractivity contribution in [3.05, 3.63) is 45.2 Å². The number of allylic oxidation sites excluding steroid dienone is 1. The molecule has 1 aromatic carbocycles. The van der Waals surface area contributed by atoms with Crippen LogP contribution in [0.2, 0.25) is 0 Å². The second-order valence-electron chi connectivity index (χ2n) is 13.7. The van der Waals surface area contributed by atoms with Gasteiger partial charge in [0, 0.05) is 27.9 Å². The van der Waals surface area contributed by atoms with Gasteiger partial charge in [0.05, 0.1) is 18.6 Å². The van der Waals surface area contributed by atoms with E-state index in [1.54, 1.807) is 33.8 Å². The SMILES string of the molecule is CCCCOC(=O)Cc1cc(C(C)C)c2c(c1O)C(O)=C1C(=O)[C@@]3(O)C(O)=C(C(C)=O)C(=O)C(C(C)C)[C@@]3(C)C[C@@]1(C)C2. The number of hydrogen-bond acceptors (Lipinski definition) is 9. The molecule has 3 aliphatic carbocycles. The summed E-state index contributed by atoms with van der Waals surface area (Å²) in [7, 11) is 0. The van der Waals surface area contributed by atoms with Crippen molar-refractivity contribution >= 4 is 29.1 Å². The van der Waals surface area contributed by atoms with Crippen LogP contribution < -0.4 is 0 Å². The van der Waals surface area contributed by atoms with Crippen LogP contribution in [-0.2, 0) is 36.8 Å². The smallest absolute Gasteiger partial charge is 0.310 e. The van der Waals surface area contributed by atoms with Crippen LogP contribution in [0.15, 0.2) is 23.0 Å². The highest BCUT2D eigenvalue weighted by molar-refractivity contribution is 6.24. The molecule has 1 saturated carbocycles. The summed E-state index contributed by atoms with van der Waals surface area (Å²) in [6, 6.07) is 1.74. The Balaban J connectivity index is 1.99. The van der Waals surface area contributed by atoms with Crippen LogP contribution in [0.4, 0.5) is 0 Å². The van der Waals surface area contributed by atoms with E-state index in [1.807, 2.05) is 20.8 Å². The van der Waals surface area contributed by atoms with Gasteiger partial charge in [0.15, 0.2) is 17.2 Å². The van der Waals surface area contributed by atoms with E-state index in [0.717, 1.165) is 18.9 Å². The second-order valence-corrected chi connectivity index (χ2v) is 13.7. The van der Waals surface area contributed by atoms with Crippen LogP contribution in [0.25, 0.3) is 5.76 Å². The minimum absolute atomic E-state index is 0.00172. The molecular formula is C34H44O9. The highest BCUT2D eigenvalue weighted by atomic mass is 16.5. The molecule has 0 aromatic heterocycles. The lowest BCUT2D eigenvalue weighted by atomic mass is 9.43. The van der Waals surface area contributed by atoms with Crippen molar-refractivity contribution in [1.82, 2.24) is 0 Å². The first-order chi connectivity index (χ1) is 19.9. The first kappa shape index (κ1) is 32.5. The van der Waals surface area contributed by atoms with Crippen molar-refractivity contribution in [2.24, 2.45) is 22.7 Å². The molecular weight excluding hydrogens is 552 g/mol. The summed E-state index contributed by atoms with van der Waals surface area (Å²) < 4.78 is 5.29.